The second-order valence-corrected chi connectivity index (χ2v) is 7.97. The van der Waals surface area contributed by atoms with E-state index in [1.807, 2.05) is 0 Å². The highest BCUT2D eigenvalue weighted by molar-refractivity contribution is 9.10. The van der Waals surface area contributed by atoms with Crippen LogP contribution in [0.25, 0.3) is 0 Å². The number of esters is 1. The number of carbonyl (C=O) groups is 3. The van der Waals surface area contributed by atoms with Crippen molar-refractivity contribution in [1.29, 1.82) is 0 Å². The average molecular weight is 535 g/mol. The summed E-state index contributed by atoms with van der Waals surface area (Å²) in [5, 5.41) is 6.94. The van der Waals surface area contributed by atoms with Crippen LogP contribution in [0.4, 0.5) is 5.69 Å². The Balaban J connectivity index is 1.67. The summed E-state index contributed by atoms with van der Waals surface area (Å²) in [6, 6.07) is 17.6. The molecule has 0 aromatic heterocycles. The molecule has 0 unspecified atom stereocenters. The Labute approximate surface area is 201 Å². The summed E-state index contributed by atoms with van der Waals surface area (Å²) in [6.45, 7) is 0. The lowest BCUT2D eigenvalue weighted by molar-refractivity contribution is -0.136. The van der Waals surface area contributed by atoms with Gasteiger partial charge in [0.05, 0.1) is 22.5 Å². The number of amides is 2. The molecule has 2 amide bonds. The van der Waals surface area contributed by atoms with Gasteiger partial charge in [0.15, 0.2) is 0 Å². The molecule has 0 aliphatic heterocycles. The Morgan fingerprint density at radius 2 is 1.66 bits per heavy atom. The Kier molecular flexibility index (Phi) is 7.99. The number of hydrazone groups is 1. The first-order chi connectivity index (χ1) is 15.3. The van der Waals surface area contributed by atoms with Crippen LogP contribution in [0.2, 0.25) is 10.0 Å². The van der Waals surface area contributed by atoms with Gasteiger partial charge in [0.25, 0.3) is 0 Å². The number of rotatable bonds is 5. The fraction of sp³-hybridized carbons (Fsp3) is 0. The summed E-state index contributed by atoms with van der Waals surface area (Å²) in [5.41, 5.74) is 3.10. The molecule has 0 heterocycles. The molecule has 7 nitrogen and oxygen atoms in total. The Morgan fingerprint density at radius 1 is 0.938 bits per heavy atom. The van der Waals surface area contributed by atoms with Crippen molar-refractivity contribution in [2.75, 3.05) is 5.32 Å². The van der Waals surface area contributed by atoms with E-state index < -0.39 is 17.8 Å². The molecule has 3 aromatic rings. The van der Waals surface area contributed by atoms with Gasteiger partial charge in [-0.25, -0.2) is 10.2 Å². The molecule has 0 atom stereocenters. The highest BCUT2D eigenvalue weighted by Crippen LogP contribution is 2.23. The van der Waals surface area contributed by atoms with E-state index in [-0.39, 0.29) is 5.75 Å². The predicted octanol–water partition coefficient (Wildman–Crippen LogP) is 5.06. The lowest BCUT2D eigenvalue weighted by atomic mass is 10.2. The summed E-state index contributed by atoms with van der Waals surface area (Å²) in [5.74, 6) is -2.34. The zero-order chi connectivity index (χ0) is 23.1. The maximum absolute atomic E-state index is 12.4. The van der Waals surface area contributed by atoms with Crippen LogP contribution in [-0.2, 0) is 9.59 Å². The molecule has 2 N–H and O–H groups in total. The number of ether oxygens (including phenoxy) is 1. The van der Waals surface area contributed by atoms with Gasteiger partial charge in [-0.15, -0.1) is 0 Å². The van der Waals surface area contributed by atoms with Crippen molar-refractivity contribution in [2.45, 2.75) is 0 Å². The van der Waals surface area contributed by atoms with Gasteiger partial charge in [0.2, 0.25) is 0 Å². The van der Waals surface area contributed by atoms with E-state index in [9.17, 15) is 14.4 Å². The standard InChI is InChI=1S/C22H14BrCl2N3O4/c23-15-7-10-19(32-22(31)13-5-8-16(24)9-6-13)14(11-15)12-26-28-21(30)20(29)27-18-4-2-1-3-17(18)25/h1-12H,(H,27,29)(H,28,30). The molecule has 0 fully saturated rings. The summed E-state index contributed by atoms with van der Waals surface area (Å²) < 4.78 is 6.11. The normalized spacial score (nSPS) is 10.6. The zero-order valence-corrected chi connectivity index (χ0v) is 19.2. The third kappa shape index (κ3) is 6.40. The molecule has 0 saturated heterocycles. The van der Waals surface area contributed by atoms with Gasteiger partial charge in [-0.2, -0.15) is 5.10 Å². The SMILES string of the molecule is O=C(NN=Cc1cc(Br)ccc1OC(=O)c1ccc(Cl)cc1)C(=O)Nc1ccccc1Cl. The number of hydrogen-bond acceptors (Lipinski definition) is 5. The highest BCUT2D eigenvalue weighted by Gasteiger charge is 2.15. The third-order valence-electron chi connectivity index (χ3n) is 3.95. The zero-order valence-electron chi connectivity index (χ0n) is 16.1. The molecule has 0 radical (unpaired) electrons. The molecule has 0 spiro atoms. The molecule has 3 aromatic carbocycles. The van der Waals surface area contributed by atoms with Gasteiger partial charge < -0.3 is 10.1 Å². The number of benzene rings is 3. The van der Waals surface area contributed by atoms with E-state index in [0.29, 0.717) is 31.3 Å². The minimum absolute atomic E-state index is 0.201. The maximum atomic E-state index is 12.4. The topological polar surface area (TPSA) is 96.9 Å². The Morgan fingerprint density at radius 3 is 2.38 bits per heavy atom. The summed E-state index contributed by atoms with van der Waals surface area (Å²) in [4.78, 5) is 36.4. The van der Waals surface area contributed by atoms with E-state index in [1.165, 1.54) is 18.3 Å². The Bertz CT molecular complexity index is 1200. The summed E-state index contributed by atoms with van der Waals surface area (Å²) in [7, 11) is 0. The van der Waals surface area contributed by atoms with Crippen LogP contribution in [-0.4, -0.2) is 24.0 Å². The summed E-state index contributed by atoms with van der Waals surface area (Å²) in [6.07, 6.45) is 1.25. The Hall–Kier alpha value is -3.20. The number of nitrogens with zero attached hydrogens (tertiary/aromatic N) is 1. The van der Waals surface area contributed by atoms with Gasteiger partial charge in [-0.1, -0.05) is 51.3 Å². The fourth-order valence-electron chi connectivity index (χ4n) is 2.41. The summed E-state index contributed by atoms with van der Waals surface area (Å²) >= 11 is 15.1. The van der Waals surface area contributed by atoms with Crippen LogP contribution >= 0.6 is 39.1 Å². The van der Waals surface area contributed by atoms with Crippen molar-refractivity contribution < 1.29 is 19.1 Å². The highest BCUT2D eigenvalue weighted by atomic mass is 79.9. The molecule has 0 aliphatic rings. The molecule has 162 valence electrons. The van der Waals surface area contributed by atoms with Crippen LogP contribution < -0.4 is 15.5 Å². The van der Waals surface area contributed by atoms with Crippen LogP contribution in [0.1, 0.15) is 15.9 Å². The van der Waals surface area contributed by atoms with Crippen LogP contribution in [0.3, 0.4) is 0 Å². The second-order valence-electron chi connectivity index (χ2n) is 6.21. The van der Waals surface area contributed by atoms with Crippen molar-refractivity contribution >= 4 is 68.8 Å². The van der Waals surface area contributed by atoms with E-state index in [2.05, 4.69) is 31.8 Å². The maximum Gasteiger partial charge on any atom is 0.343 e. The number of halogens is 3. The number of para-hydroxylation sites is 1. The minimum atomic E-state index is -1.00. The fourth-order valence-corrected chi connectivity index (χ4v) is 3.10. The first kappa shape index (κ1) is 23.5. The first-order valence-electron chi connectivity index (χ1n) is 8.99. The monoisotopic (exact) mass is 533 g/mol. The predicted molar refractivity (Wildman–Crippen MR) is 126 cm³/mol. The molecule has 3 rings (SSSR count). The molecule has 0 bridgehead atoms. The van der Waals surface area contributed by atoms with Crippen molar-refractivity contribution in [1.82, 2.24) is 5.43 Å². The van der Waals surface area contributed by atoms with Crippen molar-refractivity contribution in [3.8, 4) is 5.75 Å². The van der Waals surface area contributed by atoms with Gasteiger partial charge in [-0.3, -0.25) is 9.59 Å². The van der Waals surface area contributed by atoms with Gasteiger partial charge >= 0.3 is 17.8 Å². The number of nitrogens with one attached hydrogen (secondary N) is 2. The quantitative estimate of drug-likeness (QED) is 0.157. The van der Waals surface area contributed by atoms with Crippen LogP contribution in [0, 0.1) is 0 Å². The van der Waals surface area contributed by atoms with Gasteiger partial charge in [-0.05, 0) is 54.6 Å². The lowest BCUT2D eigenvalue weighted by Gasteiger charge is -2.08. The van der Waals surface area contributed by atoms with E-state index in [1.54, 1.807) is 54.6 Å². The molecule has 0 aliphatic carbocycles. The smallest absolute Gasteiger partial charge is 0.343 e. The number of hydrogen-bond donors (Lipinski definition) is 2. The molecule has 32 heavy (non-hydrogen) atoms. The molecular formula is C22H14BrCl2N3O4. The van der Waals surface area contributed by atoms with E-state index in [4.69, 9.17) is 27.9 Å². The molecule has 10 heteroatoms. The van der Waals surface area contributed by atoms with Crippen molar-refractivity contribution in [3.63, 3.8) is 0 Å². The molecular weight excluding hydrogens is 521 g/mol. The van der Waals surface area contributed by atoms with E-state index in [0.717, 1.165) is 0 Å². The van der Waals surface area contributed by atoms with Crippen molar-refractivity contribution in [2.24, 2.45) is 5.10 Å². The first-order valence-corrected chi connectivity index (χ1v) is 10.5. The largest absolute Gasteiger partial charge is 0.422 e. The van der Waals surface area contributed by atoms with Crippen LogP contribution in [0.15, 0.2) is 76.3 Å². The third-order valence-corrected chi connectivity index (χ3v) is 5.03. The average Bonchev–Trinajstić information content (AvgIpc) is 2.77. The van der Waals surface area contributed by atoms with E-state index >= 15 is 0 Å². The number of anilines is 1. The van der Waals surface area contributed by atoms with Crippen LogP contribution in [0.5, 0.6) is 5.75 Å². The van der Waals surface area contributed by atoms with Crippen molar-refractivity contribution in [3.05, 3.63) is 92.4 Å². The number of carbonyl (C=O) groups excluding carboxylic acids is 3. The van der Waals surface area contributed by atoms with Gasteiger partial charge in [0, 0.05) is 15.1 Å². The second kappa shape index (κ2) is 10.9. The van der Waals surface area contributed by atoms with Gasteiger partial charge in [0.1, 0.15) is 5.75 Å². The molecule has 0 saturated carbocycles. The minimum Gasteiger partial charge on any atom is -0.422 e. The lowest BCUT2D eigenvalue weighted by Crippen LogP contribution is -2.32.